The molecule has 0 aliphatic rings. The molecular weight excluding hydrogens is 430 g/mol. The molecule has 0 aliphatic carbocycles. The first kappa shape index (κ1) is 23.7. The normalized spacial score (nSPS) is 12.4. The third-order valence-corrected chi connectivity index (χ3v) is 6.63. The Kier molecular flexibility index (Phi) is 7.46. The van der Waals surface area contributed by atoms with E-state index in [1.165, 1.54) is 26.2 Å². The third-order valence-electron chi connectivity index (χ3n) is 4.49. The minimum absolute atomic E-state index is 0.0409. The molecule has 2 aromatic rings. The van der Waals surface area contributed by atoms with Gasteiger partial charge in [-0.25, -0.2) is 12.7 Å². The van der Waals surface area contributed by atoms with Crippen molar-refractivity contribution in [2.45, 2.75) is 31.8 Å². The largest absolute Gasteiger partial charge is 0.481 e. The van der Waals surface area contributed by atoms with Gasteiger partial charge in [0, 0.05) is 14.1 Å². The van der Waals surface area contributed by atoms with Gasteiger partial charge < -0.3 is 4.74 Å². The van der Waals surface area contributed by atoms with Gasteiger partial charge in [0.25, 0.3) is 11.8 Å². The molecule has 0 saturated carbocycles. The molecule has 8 nitrogen and oxygen atoms in total. The molecule has 0 aromatic heterocycles. The summed E-state index contributed by atoms with van der Waals surface area (Å²) in [5.74, 6) is -0.783. The average molecular weight is 454 g/mol. The first-order chi connectivity index (χ1) is 13.9. The van der Waals surface area contributed by atoms with E-state index >= 15 is 0 Å². The molecule has 30 heavy (non-hydrogen) atoms. The minimum atomic E-state index is -3.75. The molecule has 2 N–H and O–H groups in total. The molecule has 2 amide bonds. The van der Waals surface area contributed by atoms with Crippen LogP contribution in [0.1, 0.15) is 28.4 Å². The molecule has 0 fully saturated rings. The summed E-state index contributed by atoms with van der Waals surface area (Å²) in [7, 11) is -0.997. The summed E-state index contributed by atoms with van der Waals surface area (Å²) in [6.45, 7) is 5.36. The Morgan fingerprint density at radius 1 is 1.10 bits per heavy atom. The zero-order valence-electron chi connectivity index (χ0n) is 17.3. The number of hydrogen-bond acceptors (Lipinski definition) is 5. The molecule has 10 heteroatoms. The first-order valence-corrected chi connectivity index (χ1v) is 10.8. The van der Waals surface area contributed by atoms with Crippen molar-refractivity contribution in [3.8, 4) is 5.75 Å². The van der Waals surface area contributed by atoms with E-state index < -0.39 is 27.9 Å². The third kappa shape index (κ3) is 5.29. The van der Waals surface area contributed by atoms with Crippen molar-refractivity contribution >= 4 is 33.4 Å². The molecular formula is C20H24ClN3O5S. The number of nitrogens with one attached hydrogen (secondary N) is 2. The van der Waals surface area contributed by atoms with Gasteiger partial charge in [-0.2, -0.15) is 0 Å². The maximum Gasteiger partial charge on any atom is 0.279 e. The molecule has 0 radical (unpaired) electrons. The Balaban J connectivity index is 2.08. The average Bonchev–Trinajstić information content (AvgIpc) is 2.69. The van der Waals surface area contributed by atoms with Crippen LogP contribution in [0.25, 0.3) is 0 Å². The van der Waals surface area contributed by atoms with Crippen LogP contribution in [0.15, 0.2) is 41.3 Å². The van der Waals surface area contributed by atoms with Crippen LogP contribution < -0.4 is 15.6 Å². The lowest BCUT2D eigenvalue weighted by Gasteiger charge is -2.17. The number of nitrogens with zero attached hydrogens (tertiary/aromatic N) is 1. The second kappa shape index (κ2) is 9.46. The Morgan fingerprint density at radius 3 is 2.40 bits per heavy atom. The molecule has 162 valence electrons. The van der Waals surface area contributed by atoms with Gasteiger partial charge in [0.15, 0.2) is 6.10 Å². The molecule has 1 atom stereocenters. The van der Waals surface area contributed by atoms with Crippen molar-refractivity contribution < 1.29 is 22.7 Å². The van der Waals surface area contributed by atoms with Crippen LogP contribution in [0, 0.1) is 13.8 Å². The van der Waals surface area contributed by atoms with E-state index in [4.69, 9.17) is 16.3 Å². The number of rotatable bonds is 6. The molecule has 0 unspecified atom stereocenters. The molecule has 2 aromatic carbocycles. The van der Waals surface area contributed by atoms with Gasteiger partial charge in [-0.15, -0.1) is 0 Å². The van der Waals surface area contributed by atoms with E-state index in [-0.39, 0.29) is 15.5 Å². The fourth-order valence-electron chi connectivity index (χ4n) is 2.43. The number of ether oxygens (including phenoxy) is 1. The monoisotopic (exact) mass is 453 g/mol. The van der Waals surface area contributed by atoms with Crippen LogP contribution in [0.5, 0.6) is 5.75 Å². The van der Waals surface area contributed by atoms with Gasteiger partial charge in [0.05, 0.1) is 15.5 Å². The lowest BCUT2D eigenvalue weighted by atomic mass is 10.1. The van der Waals surface area contributed by atoms with Gasteiger partial charge in [-0.05, 0) is 56.2 Å². The highest BCUT2D eigenvalue weighted by Crippen LogP contribution is 2.23. The zero-order chi connectivity index (χ0) is 22.6. The maximum atomic E-state index is 12.4. The predicted octanol–water partition coefficient (Wildman–Crippen LogP) is 2.44. The number of halogens is 1. The topological polar surface area (TPSA) is 105 Å². The van der Waals surface area contributed by atoms with Crippen molar-refractivity contribution in [2.24, 2.45) is 0 Å². The van der Waals surface area contributed by atoms with Crippen molar-refractivity contribution in [2.75, 3.05) is 14.1 Å². The Morgan fingerprint density at radius 2 is 1.77 bits per heavy atom. The van der Waals surface area contributed by atoms with Gasteiger partial charge in [0.1, 0.15) is 5.75 Å². The summed E-state index contributed by atoms with van der Waals surface area (Å²) in [5.41, 5.74) is 6.33. The number of aryl methyl sites for hydroxylation is 1. The first-order valence-electron chi connectivity index (χ1n) is 9.00. The fourth-order valence-corrected chi connectivity index (χ4v) is 3.56. The van der Waals surface area contributed by atoms with E-state index in [1.807, 2.05) is 26.0 Å². The zero-order valence-corrected chi connectivity index (χ0v) is 18.9. The minimum Gasteiger partial charge on any atom is -0.481 e. The summed E-state index contributed by atoms with van der Waals surface area (Å²) in [6.07, 6.45) is -0.887. The number of amides is 2. The van der Waals surface area contributed by atoms with Crippen LogP contribution in [-0.4, -0.2) is 44.7 Å². The Bertz CT molecular complexity index is 1070. The number of hydrazine groups is 1. The van der Waals surface area contributed by atoms with Crippen molar-refractivity contribution in [3.63, 3.8) is 0 Å². The van der Waals surface area contributed by atoms with Crippen LogP contribution in [0.4, 0.5) is 0 Å². The van der Waals surface area contributed by atoms with Crippen molar-refractivity contribution in [1.29, 1.82) is 0 Å². The molecule has 0 heterocycles. The highest BCUT2D eigenvalue weighted by molar-refractivity contribution is 7.89. The van der Waals surface area contributed by atoms with Gasteiger partial charge in [-0.1, -0.05) is 23.7 Å². The highest BCUT2D eigenvalue weighted by atomic mass is 35.5. The van der Waals surface area contributed by atoms with E-state index in [0.717, 1.165) is 21.5 Å². The second-order valence-corrected chi connectivity index (χ2v) is 9.39. The lowest BCUT2D eigenvalue weighted by Crippen LogP contribution is -2.47. The van der Waals surface area contributed by atoms with Crippen LogP contribution in [0.3, 0.4) is 0 Å². The summed E-state index contributed by atoms with van der Waals surface area (Å²) < 4.78 is 31.2. The molecule has 0 aliphatic heterocycles. The van der Waals surface area contributed by atoms with E-state index in [1.54, 1.807) is 13.0 Å². The van der Waals surface area contributed by atoms with E-state index in [9.17, 15) is 18.0 Å². The summed E-state index contributed by atoms with van der Waals surface area (Å²) in [4.78, 5) is 24.6. The van der Waals surface area contributed by atoms with Crippen LogP contribution >= 0.6 is 11.6 Å². The Hall–Kier alpha value is -2.62. The fraction of sp³-hybridized carbons (Fsp3) is 0.300. The number of carbonyl (C=O) groups excluding carboxylic acids is 2. The van der Waals surface area contributed by atoms with Gasteiger partial charge in [0.2, 0.25) is 10.0 Å². The number of hydrogen-bond donors (Lipinski definition) is 2. The van der Waals surface area contributed by atoms with Crippen molar-refractivity contribution in [1.82, 2.24) is 15.2 Å². The van der Waals surface area contributed by atoms with E-state index in [0.29, 0.717) is 5.75 Å². The summed E-state index contributed by atoms with van der Waals surface area (Å²) >= 11 is 6.03. The highest BCUT2D eigenvalue weighted by Gasteiger charge is 2.22. The lowest BCUT2D eigenvalue weighted by molar-refractivity contribution is -0.128. The predicted molar refractivity (Wildman–Crippen MR) is 114 cm³/mol. The molecule has 0 saturated heterocycles. The number of sulfonamides is 1. The molecule has 0 bridgehead atoms. The smallest absolute Gasteiger partial charge is 0.279 e. The van der Waals surface area contributed by atoms with Crippen LogP contribution in [-0.2, 0) is 14.8 Å². The SMILES string of the molecule is Cc1cccc(O[C@H](C)C(=O)NNC(=O)c2cc(S(=O)(=O)N(C)C)ccc2Cl)c1C. The van der Waals surface area contributed by atoms with Gasteiger partial charge in [-0.3, -0.25) is 20.4 Å². The summed E-state index contributed by atoms with van der Waals surface area (Å²) in [5, 5.41) is 0.0409. The Labute approximate surface area is 181 Å². The van der Waals surface area contributed by atoms with Gasteiger partial charge >= 0.3 is 0 Å². The van der Waals surface area contributed by atoms with Crippen LogP contribution in [0.2, 0.25) is 5.02 Å². The maximum absolute atomic E-state index is 12.4. The summed E-state index contributed by atoms with van der Waals surface area (Å²) in [6, 6.07) is 9.26. The molecule has 0 spiro atoms. The van der Waals surface area contributed by atoms with E-state index in [2.05, 4.69) is 10.9 Å². The number of carbonyl (C=O) groups is 2. The molecule has 2 rings (SSSR count). The standard InChI is InChI=1S/C20H24ClN3O5S/c1-12-7-6-8-18(13(12)2)29-14(3)19(25)22-23-20(26)16-11-15(9-10-17(16)21)30(27,28)24(4)5/h6-11,14H,1-5H3,(H,22,25)(H,23,26)/t14-/m1/s1. The van der Waals surface area contributed by atoms with Crippen molar-refractivity contribution in [3.05, 3.63) is 58.1 Å². The number of benzene rings is 2. The second-order valence-electron chi connectivity index (χ2n) is 6.83. The quantitative estimate of drug-likeness (QED) is 0.653.